The van der Waals surface area contributed by atoms with Crippen LogP contribution in [0.3, 0.4) is 0 Å². The van der Waals surface area contributed by atoms with Crippen molar-refractivity contribution >= 4 is 40.6 Å². The molecule has 0 spiro atoms. The van der Waals surface area contributed by atoms with Gasteiger partial charge in [-0.1, -0.05) is 35.3 Å². The number of ether oxygens (including phenoxy) is 1. The second-order valence-electron chi connectivity index (χ2n) is 7.38. The number of nitrogens with zero attached hydrogens (tertiary/aromatic N) is 3. The quantitative estimate of drug-likeness (QED) is 0.562. The summed E-state index contributed by atoms with van der Waals surface area (Å²) < 4.78 is 5.41. The third kappa shape index (κ3) is 4.92. The predicted octanol–water partition coefficient (Wildman–Crippen LogP) is 5.31. The Labute approximate surface area is 191 Å². The van der Waals surface area contributed by atoms with E-state index in [2.05, 4.69) is 20.4 Å². The van der Waals surface area contributed by atoms with E-state index >= 15 is 0 Å². The highest BCUT2D eigenvalue weighted by Gasteiger charge is 2.27. The van der Waals surface area contributed by atoms with Crippen molar-refractivity contribution in [3.63, 3.8) is 0 Å². The standard InChI is InChI=1S/C23H22Cl2N4O2/c1-31-21-7-3-2-6-17(21)20-10-11-22(28-27-20)29-12-4-5-15(14-29)23(30)26-16-8-9-18(24)19(25)13-16/h2-3,6-11,13,15H,4-5,12,14H2,1H3,(H,26,30). The van der Waals surface area contributed by atoms with Crippen molar-refractivity contribution in [3.05, 3.63) is 64.6 Å². The van der Waals surface area contributed by atoms with Gasteiger partial charge in [-0.25, -0.2) is 0 Å². The highest BCUT2D eigenvalue weighted by molar-refractivity contribution is 6.42. The molecule has 1 amide bonds. The van der Waals surface area contributed by atoms with E-state index in [1.807, 2.05) is 36.4 Å². The summed E-state index contributed by atoms with van der Waals surface area (Å²) in [5.41, 5.74) is 2.27. The van der Waals surface area contributed by atoms with Gasteiger partial charge >= 0.3 is 0 Å². The number of nitrogens with one attached hydrogen (secondary N) is 1. The molecule has 1 unspecified atom stereocenters. The van der Waals surface area contributed by atoms with Crippen LogP contribution in [0.15, 0.2) is 54.6 Å². The van der Waals surface area contributed by atoms with Gasteiger partial charge in [0.15, 0.2) is 5.82 Å². The minimum atomic E-state index is -0.154. The van der Waals surface area contributed by atoms with Crippen molar-refractivity contribution in [1.82, 2.24) is 10.2 Å². The first kappa shape index (κ1) is 21.4. The van der Waals surface area contributed by atoms with Crippen LogP contribution in [0.4, 0.5) is 11.5 Å². The molecule has 0 bridgehead atoms. The van der Waals surface area contributed by atoms with Crippen LogP contribution < -0.4 is 15.0 Å². The molecule has 2 heterocycles. The van der Waals surface area contributed by atoms with Crippen molar-refractivity contribution in [1.29, 1.82) is 0 Å². The summed E-state index contributed by atoms with van der Waals surface area (Å²) in [6.45, 7) is 1.41. The zero-order valence-corrected chi connectivity index (χ0v) is 18.5. The fourth-order valence-corrected chi connectivity index (χ4v) is 4.01. The van der Waals surface area contributed by atoms with Gasteiger partial charge in [-0.2, -0.15) is 0 Å². The number of amides is 1. The van der Waals surface area contributed by atoms with Crippen LogP contribution in [0.25, 0.3) is 11.3 Å². The van der Waals surface area contributed by atoms with Gasteiger partial charge in [0.05, 0.1) is 28.8 Å². The van der Waals surface area contributed by atoms with Crippen LogP contribution >= 0.6 is 23.2 Å². The van der Waals surface area contributed by atoms with E-state index in [0.717, 1.165) is 42.2 Å². The number of rotatable bonds is 5. The summed E-state index contributed by atoms with van der Waals surface area (Å²) >= 11 is 12.0. The van der Waals surface area contributed by atoms with Crippen molar-refractivity contribution in [2.45, 2.75) is 12.8 Å². The number of carbonyl (C=O) groups is 1. The third-order valence-corrected chi connectivity index (χ3v) is 6.08. The Kier molecular flexibility index (Phi) is 6.59. The summed E-state index contributed by atoms with van der Waals surface area (Å²) in [6.07, 6.45) is 1.71. The van der Waals surface area contributed by atoms with E-state index in [9.17, 15) is 4.79 Å². The maximum Gasteiger partial charge on any atom is 0.229 e. The smallest absolute Gasteiger partial charge is 0.229 e. The van der Waals surface area contributed by atoms with Crippen LogP contribution in [-0.4, -0.2) is 36.3 Å². The number of anilines is 2. The maximum absolute atomic E-state index is 12.8. The van der Waals surface area contributed by atoms with Crippen LogP contribution in [0.1, 0.15) is 12.8 Å². The van der Waals surface area contributed by atoms with Crippen LogP contribution in [-0.2, 0) is 4.79 Å². The second-order valence-corrected chi connectivity index (χ2v) is 8.19. The lowest BCUT2D eigenvalue weighted by Crippen LogP contribution is -2.41. The molecule has 1 saturated heterocycles. The molecule has 2 aromatic carbocycles. The van der Waals surface area contributed by atoms with Gasteiger partial charge in [0, 0.05) is 24.3 Å². The number of hydrogen-bond acceptors (Lipinski definition) is 5. The number of piperidine rings is 1. The van der Waals surface area contributed by atoms with Crippen LogP contribution in [0, 0.1) is 5.92 Å². The van der Waals surface area contributed by atoms with E-state index in [0.29, 0.717) is 22.3 Å². The van der Waals surface area contributed by atoms with Gasteiger partial charge in [0.1, 0.15) is 5.75 Å². The molecule has 8 heteroatoms. The maximum atomic E-state index is 12.8. The number of methoxy groups -OCH3 is 1. The molecule has 3 aromatic rings. The first-order valence-corrected chi connectivity index (χ1v) is 10.8. The zero-order valence-electron chi connectivity index (χ0n) is 17.0. The number of para-hydroxylation sites is 1. The molecule has 1 aliphatic heterocycles. The van der Waals surface area contributed by atoms with E-state index in [-0.39, 0.29) is 11.8 Å². The van der Waals surface area contributed by atoms with Gasteiger partial charge in [0.2, 0.25) is 5.91 Å². The molecule has 0 saturated carbocycles. The molecule has 1 aliphatic rings. The second kappa shape index (κ2) is 9.54. The molecule has 1 N–H and O–H groups in total. The molecule has 1 atom stereocenters. The van der Waals surface area contributed by atoms with Crippen molar-refractivity contribution < 1.29 is 9.53 Å². The van der Waals surface area contributed by atoms with Gasteiger partial charge in [-0.3, -0.25) is 4.79 Å². The van der Waals surface area contributed by atoms with Gasteiger partial charge in [-0.15, -0.1) is 10.2 Å². The van der Waals surface area contributed by atoms with Gasteiger partial charge < -0.3 is 15.0 Å². The molecule has 0 radical (unpaired) electrons. The monoisotopic (exact) mass is 456 g/mol. The van der Waals surface area contributed by atoms with Crippen molar-refractivity contribution in [2.24, 2.45) is 5.92 Å². The molecular weight excluding hydrogens is 435 g/mol. The first-order valence-electron chi connectivity index (χ1n) is 10.0. The summed E-state index contributed by atoms with van der Waals surface area (Å²) in [7, 11) is 1.64. The minimum Gasteiger partial charge on any atom is -0.496 e. The Morgan fingerprint density at radius 1 is 1.10 bits per heavy atom. The van der Waals surface area contributed by atoms with Crippen LogP contribution in [0.5, 0.6) is 5.75 Å². The lowest BCUT2D eigenvalue weighted by Gasteiger charge is -2.32. The van der Waals surface area contributed by atoms with E-state index < -0.39 is 0 Å². The predicted molar refractivity (Wildman–Crippen MR) is 124 cm³/mol. The minimum absolute atomic E-state index is 0.0401. The number of carbonyl (C=O) groups excluding carboxylic acids is 1. The average Bonchev–Trinajstić information content (AvgIpc) is 2.81. The Morgan fingerprint density at radius 3 is 2.68 bits per heavy atom. The molecule has 4 rings (SSSR count). The highest BCUT2D eigenvalue weighted by atomic mass is 35.5. The summed E-state index contributed by atoms with van der Waals surface area (Å²) in [4.78, 5) is 14.9. The number of benzene rings is 2. The summed E-state index contributed by atoms with van der Waals surface area (Å²) in [5, 5.41) is 12.6. The van der Waals surface area contributed by atoms with E-state index in [1.165, 1.54) is 0 Å². The lowest BCUT2D eigenvalue weighted by molar-refractivity contribution is -0.120. The van der Waals surface area contributed by atoms with Gasteiger partial charge in [-0.05, 0) is 55.3 Å². The van der Waals surface area contributed by atoms with Gasteiger partial charge in [0.25, 0.3) is 0 Å². The number of halogens is 2. The molecule has 160 valence electrons. The topological polar surface area (TPSA) is 67.3 Å². The Hall–Kier alpha value is -2.83. The molecular formula is C23H22Cl2N4O2. The molecule has 1 fully saturated rings. The molecule has 1 aromatic heterocycles. The molecule has 6 nitrogen and oxygen atoms in total. The third-order valence-electron chi connectivity index (χ3n) is 5.34. The normalized spacial score (nSPS) is 16.1. The lowest BCUT2D eigenvalue weighted by atomic mass is 9.97. The fourth-order valence-electron chi connectivity index (χ4n) is 3.71. The summed E-state index contributed by atoms with van der Waals surface area (Å²) in [5.74, 6) is 1.31. The van der Waals surface area contributed by atoms with E-state index in [1.54, 1.807) is 25.3 Å². The van der Waals surface area contributed by atoms with Crippen LogP contribution in [0.2, 0.25) is 10.0 Å². The zero-order chi connectivity index (χ0) is 21.8. The average molecular weight is 457 g/mol. The van der Waals surface area contributed by atoms with Crippen molar-refractivity contribution in [3.8, 4) is 17.0 Å². The Bertz CT molecular complexity index is 1080. The van der Waals surface area contributed by atoms with E-state index in [4.69, 9.17) is 27.9 Å². The number of aromatic nitrogens is 2. The highest BCUT2D eigenvalue weighted by Crippen LogP contribution is 2.30. The largest absolute Gasteiger partial charge is 0.496 e. The Balaban J connectivity index is 1.44. The van der Waals surface area contributed by atoms with Crippen molar-refractivity contribution in [2.75, 3.05) is 30.4 Å². The first-order chi connectivity index (χ1) is 15.0. The fraction of sp³-hybridized carbons (Fsp3) is 0.261. The number of hydrogen-bond donors (Lipinski definition) is 1. The Morgan fingerprint density at radius 2 is 1.94 bits per heavy atom. The molecule has 31 heavy (non-hydrogen) atoms. The molecule has 0 aliphatic carbocycles. The summed E-state index contributed by atoms with van der Waals surface area (Å²) in [6, 6.07) is 16.6. The SMILES string of the molecule is COc1ccccc1-c1ccc(N2CCCC(C(=O)Nc3ccc(Cl)c(Cl)c3)C2)nn1.